The van der Waals surface area contributed by atoms with Gasteiger partial charge in [0.25, 0.3) is 0 Å². The molecular weight excluding hydrogens is 1200 g/mol. The lowest BCUT2D eigenvalue weighted by atomic mass is 10.00. The van der Waals surface area contributed by atoms with Crippen molar-refractivity contribution in [3.05, 3.63) is 65.2 Å². The summed E-state index contributed by atoms with van der Waals surface area (Å²) in [5.41, 5.74) is 1.54. The number of aromatic hydroxyl groups is 1. The number of rotatable bonds is 43. The minimum absolute atomic E-state index is 0.0252. The average molecular weight is 1290 g/mol. The molecule has 1 aliphatic heterocycles. The summed E-state index contributed by atoms with van der Waals surface area (Å²) in [7, 11) is 0. The molecule has 504 valence electrons. The zero-order valence-electron chi connectivity index (χ0n) is 51.1. The van der Waals surface area contributed by atoms with Crippen molar-refractivity contribution >= 4 is 77.4 Å². The van der Waals surface area contributed by atoms with Gasteiger partial charge in [-0.15, -0.1) is 0 Å². The van der Waals surface area contributed by atoms with Crippen LogP contribution in [0.15, 0.2) is 48.5 Å². The Labute approximate surface area is 526 Å². The van der Waals surface area contributed by atoms with Gasteiger partial charge < -0.3 is 78.1 Å². The number of phenols is 1. The van der Waals surface area contributed by atoms with Gasteiger partial charge in [0.2, 0.25) is 29.5 Å². The van der Waals surface area contributed by atoms with Gasteiger partial charge in [0, 0.05) is 90.9 Å². The second kappa shape index (κ2) is 41.4. The van der Waals surface area contributed by atoms with Crippen LogP contribution in [0.4, 0.5) is 4.79 Å². The molecule has 0 aromatic heterocycles. The number of hydrogen-bond acceptors (Lipinski definition) is 17. The molecule has 0 radical (unpaired) electrons. The quantitative estimate of drug-likeness (QED) is 0.0398. The minimum Gasteiger partial charge on any atom is -0.508 e. The number of phenolic OH excluding ortho intramolecular Hbond substituents is 1. The molecule has 1 saturated heterocycles. The Bertz CT molecular complexity index is 2750. The standard InChI is InChI=1S/C60H88N10O21/c1-38-33-40(19-22-47(38)71)35-44(63-50(74)23-21-46(59(89)90)70-31-29-68(36-52(77)78)27-28-69(30-32-70)37-53(79)80)54(81)65-45(34-39-13-5-4-6-14-39)55(82)64-41(56(83)84)15-9-11-25-61-48(72)17-7-2-3-8-18-49(73)62-26-12-10-16-42(57(85)86)66-60(91)67-43(58(87)88)20-24-51(75)76/h4-6,13-14,19,22,33,41-46,71H,2-3,7-12,15-18,20-21,23-32,34-37H2,1H3,(H,61,72)(H,62,73)(H,63,74)(H,64,82)(H,65,81)(H,75,76)(H,77,78)(H,79,80)(H,83,84)(H,85,86)(H,87,88)(H,89,90)(H2,66,67,91). The largest absolute Gasteiger partial charge is 0.508 e. The Morgan fingerprint density at radius 1 is 0.429 bits per heavy atom. The smallest absolute Gasteiger partial charge is 0.326 e. The van der Waals surface area contributed by atoms with Crippen LogP contribution in [0.1, 0.15) is 119 Å². The third kappa shape index (κ3) is 31.9. The van der Waals surface area contributed by atoms with Gasteiger partial charge >= 0.3 is 47.8 Å². The number of benzene rings is 2. The molecule has 3 rings (SSSR count). The van der Waals surface area contributed by atoms with Crippen molar-refractivity contribution in [2.75, 3.05) is 65.4 Å². The summed E-state index contributed by atoms with van der Waals surface area (Å²) in [5.74, 6) is -12.0. The number of carboxylic acid groups (broad SMARTS) is 7. The van der Waals surface area contributed by atoms with Crippen LogP contribution >= 0.6 is 0 Å². The summed E-state index contributed by atoms with van der Waals surface area (Å²) >= 11 is 0. The number of carboxylic acids is 7. The second-order valence-corrected chi connectivity index (χ2v) is 22.3. The molecule has 6 unspecified atom stereocenters. The Morgan fingerprint density at radius 3 is 1.36 bits per heavy atom. The molecule has 7 amide bonds. The van der Waals surface area contributed by atoms with E-state index in [2.05, 4.69) is 37.2 Å². The Kier molecular flexibility index (Phi) is 34.7. The van der Waals surface area contributed by atoms with E-state index >= 15 is 0 Å². The number of hydrogen-bond donors (Lipinski definition) is 15. The fraction of sp³-hybridized carbons (Fsp3) is 0.583. The lowest BCUT2D eigenvalue weighted by Gasteiger charge is -2.30. The van der Waals surface area contributed by atoms with Gasteiger partial charge in [-0.2, -0.15) is 0 Å². The maximum Gasteiger partial charge on any atom is 0.326 e. The number of amides is 7. The molecule has 1 fully saturated rings. The lowest BCUT2D eigenvalue weighted by Crippen LogP contribution is -2.57. The first-order valence-electron chi connectivity index (χ1n) is 30.3. The van der Waals surface area contributed by atoms with Crippen LogP contribution in [-0.2, 0) is 70.4 Å². The number of aliphatic carboxylic acids is 7. The molecule has 1 heterocycles. The summed E-state index contributed by atoms with van der Waals surface area (Å²) in [5, 5.41) is 94.9. The van der Waals surface area contributed by atoms with Crippen molar-refractivity contribution in [2.24, 2.45) is 0 Å². The third-order valence-corrected chi connectivity index (χ3v) is 15.0. The minimum atomic E-state index is -1.54. The van der Waals surface area contributed by atoms with E-state index in [0.29, 0.717) is 55.2 Å². The van der Waals surface area contributed by atoms with Crippen LogP contribution in [0.3, 0.4) is 0 Å². The van der Waals surface area contributed by atoms with E-state index in [1.54, 1.807) is 58.0 Å². The highest BCUT2D eigenvalue weighted by atomic mass is 16.4. The van der Waals surface area contributed by atoms with E-state index < -0.39 is 121 Å². The van der Waals surface area contributed by atoms with E-state index in [0.717, 1.165) is 0 Å². The summed E-state index contributed by atoms with van der Waals surface area (Å²) in [6.07, 6.45) is 2.11. The van der Waals surface area contributed by atoms with E-state index in [-0.39, 0.29) is 141 Å². The lowest BCUT2D eigenvalue weighted by molar-refractivity contribution is -0.145. The number of urea groups is 1. The zero-order chi connectivity index (χ0) is 67.4. The van der Waals surface area contributed by atoms with Crippen molar-refractivity contribution < 1.29 is 103 Å². The number of nitrogens with zero attached hydrogens (tertiary/aromatic N) is 3. The molecule has 0 aliphatic carbocycles. The maximum atomic E-state index is 14.4. The van der Waals surface area contributed by atoms with E-state index in [4.69, 9.17) is 5.11 Å². The highest BCUT2D eigenvalue weighted by molar-refractivity contribution is 5.94. The molecule has 1 aliphatic rings. The van der Waals surface area contributed by atoms with Crippen molar-refractivity contribution in [3.63, 3.8) is 0 Å². The summed E-state index contributed by atoms with van der Waals surface area (Å²) < 4.78 is 0. The highest BCUT2D eigenvalue weighted by Gasteiger charge is 2.33. The summed E-state index contributed by atoms with van der Waals surface area (Å²) in [4.78, 5) is 166. The Morgan fingerprint density at radius 2 is 0.890 bits per heavy atom. The number of carbonyl (C=O) groups excluding carboxylic acids is 6. The van der Waals surface area contributed by atoms with E-state index in [1.165, 1.54) is 12.1 Å². The van der Waals surface area contributed by atoms with Crippen LogP contribution < -0.4 is 37.2 Å². The van der Waals surface area contributed by atoms with Crippen LogP contribution in [0.25, 0.3) is 0 Å². The SMILES string of the molecule is Cc1cc(CC(NC(=O)CCC(C(=O)O)N2CCN(CC(=O)O)CCN(CC(=O)O)CC2)C(=O)NC(Cc2ccccc2)C(=O)NC(CCCCNC(=O)CCCCCCC(=O)NCCCCC(NC(=O)NC(CCC(=O)O)C(=O)O)C(=O)O)C(=O)O)ccc1O. The average Bonchev–Trinajstić information content (AvgIpc) is 3.54. The first kappa shape index (κ1) is 76.3. The molecule has 91 heavy (non-hydrogen) atoms. The van der Waals surface area contributed by atoms with Crippen LogP contribution in [0.2, 0.25) is 0 Å². The Balaban J connectivity index is 1.51. The molecule has 0 spiro atoms. The highest BCUT2D eigenvalue weighted by Crippen LogP contribution is 2.19. The second-order valence-electron chi connectivity index (χ2n) is 22.3. The van der Waals surface area contributed by atoms with Gasteiger partial charge in [0.1, 0.15) is 42.0 Å². The normalized spacial score (nSPS) is 15.0. The van der Waals surface area contributed by atoms with Crippen LogP contribution in [0, 0.1) is 6.92 Å². The van der Waals surface area contributed by atoms with Crippen molar-refractivity contribution in [1.82, 2.24) is 51.9 Å². The van der Waals surface area contributed by atoms with Crippen molar-refractivity contribution in [3.8, 4) is 5.75 Å². The number of aryl methyl sites for hydroxylation is 1. The van der Waals surface area contributed by atoms with Crippen LogP contribution in [-0.4, -0.2) is 235 Å². The topological polar surface area (TPSA) is 478 Å². The first-order chi connectivity index (χ1) is 43.2. The number of carbonyl (C=O) groups is 13. The molecule has 0 saturated carbocycles. The maximum absolute atomic E-state index is 14.4. The molecule has 2 aromatic rings. The molecule has 31 heteroatoms. The number of nitrogens with one attached hydrogen (secondary N) is 7. The predicted octanol–water partition coefficient (Wildman–Crippen LogP) is 0.331. The van der Waals surface area contributed by atoms with Crippen molar-refractivity contribution in [2.45, 2.75) is 159 Å². The van der Waals surface area contributed by atoms with Gasteiger partial charge in [-0.05, 0) is 93.9 Å². The number of unbranched alkanes of at least 4 members (excludes halogenated alkanes) is 5. The molecule has 0 bridgehead atoms. The Hall–Kier alpha value is -8.97. The van der Waals surface area contributed by atoms with E-state index in [1.807, 2.05) is 0 Å². The fourth-order valence-electron chi connectivity index (χ4n) is 9.96. The molecule has 31 nitrogen and oxygen atoms in total. The van der Waals surface area contributed by atoms with Gasteiger partial charge in [-0.3, -0.25) is 57.9 Å². The summed E-state index contributed by atoms with van der Waals surface area (Å²) in [6.45, 7) is 2.19. The summed E-state index contributed by atoms with van der Waals surface area (Å²) in [6, 6.07) is 3.61. The van der Waals surface area contributed by atoms with E-state index in [9.17, 15) is 98.1 Å². The molecule has 2 aromatic carbocycles. The first-order valence-corrected chi connectivity index (χ1v) is 30.3. The monoisotopic (exact) mass is 1280 g/mol. The fourth-order valence-corrected chi connectivity index (χ4v) is 9.96. The van der Waals surface area contributed by atoms with Gasteiger partial charge in [-0.1, -0.05) is 55.3 Å². The molecule has 15 N–H and O–H groups in total. The van der Waals surface area contributed by atoms with Gasteiger partial charge in [-0.25, -0.2) is 19.2 Å². The predicted molar refractivity (Wildman–Crippen MR) is 323 cm³/mol. The molecule has 6 atom stereocenters. The van der Waals surface area contributed by atoms with Gasteiger partial charge in [0.05, 0.1) is 13.1 Å². The van der Waals surface area contributed by atoms with Crippen LogP contribution in [0.5, 0.6) is 5.75 Å². The van der Waals surface area contributed by atoms with Crippen molar-refractivity contribution in [1.29, 1.82) is 0 Å². The zero-order valence-corrected chi connectivity index (χ0v) is 51.1. The van der Waals surface area contributed by atoms with Gasteiger partial charge in [0.15, 0.2) is 0 Å². The third-order valence-electron chi connectivity index (χ3n) is 15.0. The molecular formula is C60H88N10O21.